The Kier molecular flexibility index (Phi) is 3.56. The molecule has 3 fully saturated rings. The third kappa shape index (κ3) is 2.42. The minimum absolute atomic E-state index is 0.0549. The average Bonchev–Trinajstić information content (AvgIpc) is 3.23. The molecule has 23 heavy (non-hydrogen) atoms. The highest BCUT2D eigenvalue weighted by Crippen LogP contribution is 2.53. The van der Waals surface area contributed by atoms with Gasteiger partial charge in [0.1, 0.15) is 11.9 Å². The van der Waals surface area contributed by atoms with Crippen molar-refractivity contribution in [2.24, 2.45) is 11.3 Å². The molecule has 124 valence electrons. The second-order valence-corrected chi connectivity index (χ2v) is 7.49. The van der Waals surface area contributed by atoms with Crippen molar-refractivity contribution in [3.05, 3.63) is 23.9 Å². The summed E-state index contributed by atoms with van der Waals surface area (Å²) in [5.41, 5.74) is 0.436. The molecule has 2 aliphatic heterocycles. The van der Waals surface area contributed by atoms with Gasteiger partial charge in [-0.25, -0.2) is 9.78 Å². The number of pyridine rings is 1. The molecule has 1 aromatic heterocycles. The zero-order valence-corrected chi connectivity index (χ0v) is 13.8. The van der Waals surface area contributed by atoms with Gasteiger partial charge in [-0.15, -0.1) is 0 Å². The summed E-state index contributed by atoms with van der Waals surface area (Å²) in [6.45, 7) is 7.11. The summed E-state index contributed by atoms with van der Waals surface area (Å²) >= 11 is 0. The fourth-order valence-electron chi connectivity index (χ4n) is 4.34. The number of aromatic nitrogens is 1. The SMILES string of the molecule is CC1(C)[C@@H]2OCC[C@@H]2[C@H]1OC(=O)c1ccc(N2CCCC2)nc1. The molecular formula is C18H24N2O3. The second kappa shape index (κ2) is 5.48. The second-order valence-electron chi connectivity index (χ2n) is 7.49. The maximum absolute atomic E-state index is 12.4. The smallest absolute Gasteiger partial charge is 0.340 e. The van der Waals surface area contributed by atoms with Crippen LogP contribution in [0, 0.1) is 11.3 Å². The number of hydrogen-bond acceptors (Lipinski definition) is 5. The van der Waals surface area contributed by atoms with Gasteiger partial charge in [0.05, 0.1) is 11.7 Å². The van der Waals surface area contributed by atoms with Crippen molar-refractivity contribution in [3.8, 4) is 0 Å². The van der Waals surface area contributed by atoms with Gasteiger partial charge in [0, 0.05) is 37.2 Å². The Bertz CT molecular complexity index is 593. The molecule has 0 N–H and O–H groups in total. The Hall–Kier alpha value is -1.62. The monoisotopic (exact) mass is 316 g/mol. The van der Waals surface area contributed by atoms with Crippen LogP contribution in [0.3, 0.4) is 0 Å². The Morgan fingerprint density at radius 2 is 2.13 bits per heavy atom. The summed E-state index contributed by atoms with van der Waals surface area (Å²) in [6, 6.07) is 3.76. The first-order chi connectivity index (χ1) is 11.1. The number of fused-ring (bicyclic) bond motifs is 1. The van der Waals surface area contributed by atoms with E-state index in [9.17, 15) is 4.79 Å². The molecule has 0 amide bonds. The lowest BCUT2D eigenvalue weighted by Gasteiger charge is -2.53. The lowest BCUT2D eigenvalue weighted by atomic mass is 9.59. The molecule has 0 radical (unpaired) electrons. The Balaban J connectivity index is 1.43. The van der Waals surface area contributed by atoms with E-state index in [4.69, 9.17) is 9.47 Å². The molecule has 0 bridgehead atoms. The number of carbonyl (C=O) groups is 1. The first kappa shape index (κ1) is 14.9. The standard InChI is InChI=1S/C18H24N2O3/c1-18(2)15-13(7-10-22-15)16(18)23-17(21)12-5-6-14(19-11-12)20-8-3-4-9-20/h5-6,11,13,15-16H,3-4,7-10H2,1-2H3/t13-,15+,16+/m0/s1. The van der Waals surface area contributed by atoms with Crippen LogP contribution >= 0.6 is 0 Å². The topological polar surface area (TPSA) is 51.7 Å². The van der Waals surface area contributed by atoms with Crippen LogP contribution in [0.1, 0.15) is 43.5 Å². The largest absolute Gasteiger partial charge is 0.458 e. The van der Waals surface area contributed by atoms with Crippen LogP contribution < -0.4 is 4.90 Å². The highest BCUT2D eigenvalue weighted by Gasteiger charge is 2.61. The minimum Gasteiger partial charge on any atom is -0.458 e. The molecule has 3 atom stereocenters. The van der Waals surface area contributed by atoms with Crippen LogP contribution in [-0.2, 0) is 9.47 Å². The van der Waals surface area contributed by atoms with E-state index in [1.54, 1.807) is 6.20 Å². The molecule has 0 unspecified atom stereocenters. The van der Waals surface area contributed by atoms with Gasteiger partial charge in [-0.3, -0.25) is 0 Å². The van der Waals surface area contributed by atoms with E-state index in [-0.39, 0.29) is 23.6 Å². The van der Waals surface area contributed by atoms with E-state index in [1.165, 1.54) is 12.8 Å². The Morgan fingerprint density at radius 1 is 1.35 bits per heavy atom. The van der Waals surface area contributed by atoms with E-state index in [0.717, 1.165) is 31.9 Å². The quantitative estimate of drug-likeness (QED) is 0.803. The molecule has 1 saturated carbocycles. The van der Waals surface area contributed by atoms with Crippen molar-refractivity contribution in [1.29, 1.82) is 0 Å². The zero-order chi connectivity index (χ0) is 16.0. The van der Waals surface area contributed by atoms with Crippen LogP contribution in [0.2, 0.25) is 0 Å². The van der Waals surface area contributed by atoms with Gasteiger partial charge in [-0.2, -0.15) is 0 Å². The number of carbonyl (C=O) groups excluding carboxylic acids is 1. The van der Waals surface area contributed by atoms with Crippen molar-refractivity contribution in [2.75, 3.05) is 24.6 Å². The third-order valence-corrected chi connectivity index (χ3v) is 5.64. The Labute approximate surface area is 137 Å². The molecule has 0 aromatic carbocycles. The minimum atomic E-state index is -0.270. The van der Waals surface area contributed by atoms with Gasteiger partial charge in [-0.1, -0.05) is 13.8 Å². The zero-order valence-electron chi connectivity index (χ0n) is 13.8. The van der Waals surface area contributed by atoms with Gasteiger partial charge in [0.25, 0.3) is 0 Å². The summed E-state index contributed by atoms with van der Waals surface area (Å²) in [5, 5.41) is 0. The lowest BCUT2D eigenvalue weighted by Crippen LogP contribution is -2.61. The molecule has 5 nitrogen and oxygen atoms in total. The molecule has 1 aliphatic carbocycles. The van der Waals surface area contributed by atoms with Crippen LogP contribution in [0.4, 0.5) is 5.82 Å². The lowest BCUT2D eigenvalue weighted by molar-refractivity contribution is -0.183. The summed E-state index contributed by atoms with van der Waals surface area (Å²) in [4.78, 5) is 19.1. The molecule has 5 heteroatoms. The number of nitrogens with zero attached hydrogens (tertiary/aromatic N) is 2. The van der Waals surface area contributed by atoms with Gasteiger partial charge in [-0.05, 0) is 31.4 Å². The van der Waals surface area contributed by atoms with Crippen LogP contribution in [0.15, 0.2) is 18.3 Å². The maximum atomic E-state index is 12.4. The van der Waals surface area contributed by atoms with Crippen molar-refractivity contribution in [1.82, 2.24) is 4.98 Å². The van der Waals surface area contributed by atoms with E-state index in [1.807, 2.05) is 12.1 Å². The first-order valence-corrected chi connectivity index (χ1v) is 8.61. The van der Waals surface area contributed by atoms with Crippen LogP contribution in [0.5, 0.6) is 0 Å². The van der Waals surface area contributed by atoms with Gasteiger partial charge in [0.15, 0.2) is 0 Å². The number of anilines is 1. The molecule has 1 aromatic rings. The molecule has 0 spiro atoms. The van der Waals surface area contributed by atoms with Crippen molar-refractivity contribution >= 4 is 11.8 Å². The number of hydrogen-bond donors (Lipinski definition) is 0. The van der Waals surface area contributed by atoms with Gasteiger partial charge in [0.2, 0.25) is 0 Å². The average molecular weight is 316 g/mol. The third-order valence-electron chi connectivity index (χ3n) is 5.64. The Morgan fingerprint density at radius 3 is 2.83 bits per heavy atom. The van der Waals surface area contributed by atoms with E-state index in [2.05, 4.69) is 23.7 Å². The summed E-state index contributed by atoms with van der Waals surface area (Å²) in [5.74, 6) is 1.03. The molecular weight excluding hydrogens is 292 g/mol. The fourth-order valence-corrected chi connectivity index (χ4v) is 4.34. The molecule has 3 aliphatic rings. The van der Waals surface area contributed by atoms with Gasteiger partial charge < -0.3 is 14.4 Å². The fraction of sp³-hybridized carbons (Fsp3) is 0.667. The first-order valence-electron chi connectivity index (χ1n) is 8.61. The maximum Gasteiger partial charge on any atom is 0.340 e. The molecule has 3 heterocycles. The van der Waals surface area contributed by atoms with Crippen molar-refractivity contribution in [3.63, 3.8) is 0 Å². The normalized spacial score (nSPS) is 31.6. The van der Waals surface area contributed by atoms with E-state index >= 15 is 0 Å². The number of esters is 1. The number of ether oxygens (including phenoxy) is 2. The van der Waals surface area contributed by atoms with E-state index < -0.39 is 0 Å². The summed E-state index contributed by atoms with van der Waals surface area (Å²) < 4.78 is 11.5. The predicted octanol–water partition coefficient (Wildman–Crippen LogP) is 2.65. The molecule has 2 saturated heterocycles. The van der Waals surface area contributed by atoms with Crippen molar-refractivity contribution < 1.29 is 14.3 Å². The highest BCUT2D eigenvalue weighted by atomic mass is 16.6. The number of rotatable bonds is 3. The van der Waals surface area contributed by atoms with Crippen molar-refractivity contribution in [2.45, 2.75) is 45.3 Å². The van der Waals surface area contributed by atoms with Crippen LogP contribution in [0.25, 0.3) is 0 Å². The predicted molar refractivity (Wildman–Crippen MR) is 86.5 cm³/mol. The summed E-state index contributed by atoms with van der Waals surface area (Å²) in [7, 11) is 0. The van der Waals surface area contributed by atoms with E-state index in [0.29, 0.717) is 11.5 Å². The van der Waals surface area contributed by atoms with Crippen LogP contribution in [-0.4, -0.2) is 42.9 Å². The summed E-state index contributed by atoms with van der Waals surface area (Å²) in [6.07, 6.45) is 5.24. The van der Waals surface area contributed by atoms with Gasteiger partial charge >= 0.3 is 5.97 Å². The highest BCUT2D eigenvalue weighted by molar-refractivity contribution is 5.89. The molecule has 4 rings (SSSR count).